The summed E-state index contributed by atoms with van der Waals surface area (Å²) in [6, 6.07) is 8.76. The molecule has 15 nitrogen and oxygen atoms in total. The summed E-state index contributed by atoms with van der Waals surface area (Å²) < 4.78 is 0. The molecular weight excluding hydrogens is 600 g/mol. The molecule has 0 spiro atoms. The average Bonchev–Trinajstić information content (AvgIpc) is 3.55. The number of rotatable bonds is 19. The molecule has 1 saturated carbocycles. The lowest BCUT2D eigenvalue weighted by Gasteiger charge is -2.33. The van der Waals surface area contributed by atoms with Crippen molar-refractivity contribution in [2.45, 2.75) is 89.4 Å². The number of benzene rings is 1. The van der Waals surface area contributed by atoms with Gasteiger partial charge in [0.1, 0.15) is 5.82 Å². The van der Waals surface area contributed by atoms with E-state index in [0.29, 0.717) is 44.5 Å². The summed E-state index contributed by atoms with van der Waals surface area (Å²) in [7, 11) is 0. The van der Waals surface area contributed by atoms with Crippen molar-refractivity contribution in [2.75, 3.05) is 56.4 Å². The molecule has 1 aliphatic carbocycles. The third-order valence-corrected chi connectivity index (χ3v) is 8.76. The number of hydrogen-bond acceptors (Lipinski definition) is 12. The summed E-state index contributed by atoms with van der Waals surface area (Å²) >= 11 is 0. The number of aromatic nitrogens is 6. The number of carbonyl (C=O) groups excluding carboxylic acids is 1. The highest BCUT2D eigenvalue weighted by Crippen LogP contribution is 2.25. The van der Waals surface area contributed by atoms with E-state index < -0.39 is 5.97 Å². The van der Waals surface area contributed by atoms with Gasteiger partial charge in [0.15, 0.2) is 5.82 Å². The minimum absolute atomic E-state index is 0.0375. The van der Waals surface area contributed by atoms with Gasteiger partial charge in [-0.2, -0.15) is 9.78 Å². The molecule has 0 unspecified atom stereocenters. The van der Waals surface area contributed by atoms with Crippen molar-refractivity contribution in [3.8, 4) is 0 Å². The van der Waals surface area contributed by atoms with Crippen LogP contribution in [0.2, 0.25) is 0 Å². The maximum Gasteiger partial charge on any atom is 0.317 e. The van der Waals surface area contributed by atoms with Gasteiger partial charge >= 0.3 is 5.97 Å². The van der Waals surface area contributed by atoms with Crippen LogP contribution < -0.4 is 26.6 Å². The number of tetrazole rings is 1. The Bertz CT molecular complexity index is 1400. The number of hydrogen-bond donors (Lipinski definition) is 6. The largest absolute Gasteiger partial charge is 0.480 e. The Balaban J connectivity index is 1.02. The Labute approximate surface area is 276 Å². The lowest BCUT2D eigenvalue weighted by Crippen LogP contribution is -2.43. The fourth-order valence-corrected chi connectivity index (χ4v) is 6.18. The zero-order valence-corrected chi connectivity index (χ0v) is 27.3. The minimum Gasteiger partial charge on any atom is -0.480 e. The highest BCUT2D eigenvalue weighted by Gasteiger charge is 2.23. The highest BCUT2D eigenvalue weighted by molar-refractivity contribution is 5.90. The molecule has 0 radical (unpaired) electrons. The molecule has 5 rings (SSSR count). The van der Waals surface area contributed by atoms with Crippen LogP contribution in [0.5, 0.6) is 0 Å². The molecule has 47 heavy (non-hydrogen) atoms. The molecular formula is C32H50N12O3. The number of fused-ring (bicyclic) bond motifs is 1. The molecule has 1 aromatic carbocycles. The topological polar surface area (TPSA) is 187 Å². The van der Waals surface area contributed by atoms with Crippen LogP contribution in [0, 0.1) is 0 Å². The summed E-state index contributed by atoms with van der Waals surface area (Å²) in [5.74, 6) is 0.909. The summed E-state index contributed by atoms with van der Waals surface area (Å²) in [6.07, 6.45) is 10.7. The fourth-order valence-electron chi connectivity index (χ4n) is 6.18. The molecule has 2 fully saturated rings. The molecule has 1 saturated heterocycles. The normalized spacial score (nSPS) is 16.0. The second kappa shape index (κ2) is 18.4. The number of carboxylic acids is 1. The molecule has 6 N–H and O–H groups in total. The lowest BCUT2D eigenvalue weighted by atomic mass is 9.95. The van der Waals surface area contributed by atoms with Gasteiger partial charge in [0.05, 0.1) is 25.2 Å². The quantitative estimate of drug-likeness (QED) is 0.104. The number of amides is 1. The summed E-state index contributed by atoms with van der Waals surface area (Å²) in [4.78, 5) is 36.2. The first kappa shape index (κ1) is 34.4. The predicted octanol–water partition coefficient (Wildman–Crippen LogP) is 1.99. The van der Waals surface area contributed by atoms with Gasteiger partial charge in [-0.15, -0.1) is 10.2 Å². The van der Waals surface area contributed by atoms with Crippen LogP contribution in [-0.2, 0) is 22.7 Å². The average molecular weight is 651 g/mol. The minimum atomic E-state index is -0.929. The van der Waals surface area contributed by atoms with E-state index >= 15 is 0 Å². The van der Waals surface area contributed by atoms with Crippen LogP contribution in [0.25, 0.3) is 10.9 Å². The number of para-hydroxylation sites is 1. The summed E-state index contributed by atoms with van der Waals surface area (Å²) in [5.41, 5.74) is 0.822. The van der Waals surface area contributed by atoms with E-state index in [2.05, 4.69) is 42.0 Å². The summed E-state index contributed by atoms with van der Waals surface area (Å²) in [6.45, 7) is 5.55. The number of nitrogens with zero attached hydrogens (tertiary/aromatic N) is 7. The molecule has 256 valence electrons. The highest BCUT2D eigenvalue weighted by atomic mass is 16.4. The molecule has 2 aliphatic rings. The Morgan fingerprint density at radius 1 is 0.894 bits per heavy atom. The van der Waals surface area contributed by atoms with Crippen molar-refractivity contribution >= 4 is 34.5 Å². The predicted molar refractivity (Wildman–Crippen MR) is 180 cm³/mol. The number of aryl methyl sites for hydroxylation is 1. The van der Waals surface area contributed by atoms with E-state index in [9.17, 15) is 9.59 Å². The number of carbonyl (C=O) groups is 2. The van der Waals surface area contributed by atoms with E-state index in [1.165, 1.54) is 32.1 Å². The Hall–Kier alpha value is -3.95. The van der Waals surface area contributed by atoms with Gasteiger partial charge in [0, 0.05) is 43.5 Å². The van der Waals surface area contributed by atoms with E-state index in [-0.39, 0.29) is 24.9 Å². The van der Waals surface area contributed by atoms with Crippen molar-refractivity contribution in [1.82, 2.24) is 51.0 Å². The number of carboxylic acid groups (broad SMARTS) is 1. The van der Waals surface area contributed by atoms with E-state index in [1.54, 1.807) is 4.80 Å². The van der Waals surface area contributed by atoms with Gasteiger partial charge in [-0.1, -0.05) is 31.4 Å². The van der Waals surface area contributed by atoms with Crippen LogP contribution in [-0.4, -0.2) is 110 Å². The van der Waals surface area contributed by atoms with Crippen LogP contribution in [0.15, 0.2) is 24.3 Å². The second-order valence-corrected chi connectivity index (χ2v) is 12.4. The molecule has 0 atom stereocenters. The van der Waals surface area contributed by atoms with Crippen LogP contribution in [0.1, 0.15) is 70.0 Å². The van der Waals surface area contributed by atoms with Gasteiger partial charge in [-0.05, 0) is 75.5 Å². The second-order valence-electron chi connectivity index (χ2n) is 12.4. The number of nitrogens with one attached hydrogen (secondary N) is 5. The van der Waals surface area contributed by atoms with Crippen molar-refractivity contribution in [3.63, 3.8) is 0 Å². The first-order valence-corrected chi connectivity index (χ1v) is 17.2. The Morgan fingerprint density at radius 3 is 2.53 bits per heavy atom. The monoisotopic (exact) mass is 650 g/mol. The standard InChI is InChI=1S/C32H50N12O3/c45-29(12-18-34-23-30(46)47)43-20-13-25(14-21-43)37-31-26-10-4-5-11-27(26)38-32(39-31)36-22-28-40-42-44(41-28)19-7-16-33-15-6-17-35-24-8-2-1-3-9-24/h4-5,10-11,24-25,33-35H,1-3,6-9,12-23H2,(H,46,47)(H2,36,37,38,39). The first-order valence-electron chi connectivity index (χ1n) is 17.2. The van der Waals surface area contributed by atoms with Gasteiger partial charge in [0.2, 0.25) is 11.9 Å². The Morgan fingerprint density at radius 2 is 1.70 bits per heavy atom. The van der Waals surface area contributed by atoms with Crippen molar-refractivity contribution < 1.29 is 14.7 Å². The lowest BCUT2D eigenvalue weighted by molar-refractivity contribution is -0.136. The number of piperidine rings is 1. The molecule has 15 heteroatoms. The molecule has 3 aromatic rings. The van der Waals surface area contributed by atoms with Gasteiger partial charge in [0.25, 0.3) is 0 Å². The number of aliphatic carboxylic acids is 1. The zero-order chi connectivity index (χ0) is 32.7. The maximum atomic E-state index is 12.5. The van der Waals surface area contributed by atoms with E-state index in [0.717, 1.165) is 68.1 Å². The molecule has 3 heterocycles. The van der Waals surface area contributed by atoms with Gasteiger partial charge in [-0.3, -0.25) is 9.59 Å². The molecule has 0 bridgehead atoms. The fraction of sp³-hybridized carbons (Fsp3) is 0.656. The van der Waals surface area contributed by atoms with Crippen LogP contribution >= 0.6 is 0 Å². The molecule has 2 aromatic heterocycles. The maximum absolute atomic E-state index is 12.5. The van der Waals surface area contributed by atoms with Gasteiger partial charge < -0.3 is 36.6 Å². The Kier molecular flexibility index (Phi) is 13.5. The van der Waals surface area contributed by atoms with Crippen molar-refractivity contribution in [1.29, 1.82) is 0 Å². The number of likely N-dealkylation sites (tertiary alicyclic amines) is 1. The first-order chi connectivity index (χ1) is 23.0. The van der Waals surface area contributed by atoms with Crippen molar-refractivity contribution in [3.05, 3.63) is 30.1 Å². The molecule has 1 amide bonds. The van der Waals surface area contributed by atoms with Crippen LogP contribution in [0.3, 0.4) is 0 Å². The molecule has 1 aliphatic heterocycles. The number of anilines is 2. The third-order valence-electron chi connectivity index (χ3n) is 8.76. The van der Waals surface area contributed by atoms with Crippen LogP contribution in [0.4, 0.5) is 11.8 Å². The van der Waals surface area contributed by atoms with E-state index in [4.69, 9.17) is 15.1 Å². The smallest absolute Gasteiger partial charge is 0.317 e. The van der Waals surface area contributed by atoms with Gasteiger partial charge in [-0.25, -0.2) is 4.98 Å². The SMILES string of the molecule is O=C(O)CNCCC(=O)N1CCC(Nc2nc(NCc3nnn(CCCNCCCNC4CCCCC4)n3)nc3ccccc23)CC1. The van der Waals surface area contributed by atoms with Crippen molar-refractivity contribution in [2.24, 2.45) is 0 Å². The zero-order valence-electron chi connectivity index (χ0n) is 27.3. The third kappa shape index (κ3) is 11.4. The summed E-state index contributed by atoms with van der Waals surface area (Å²) in [5, 5.41) is 39.4. The van der Waals surface area contributed by atoms with E-state index in [1.807, 2.05) is 29.2 Å².